The smallest absolute Gasteiger partial charge is 0.294 e. The van der Waals surface area contributed by atoms with Gasteiger partial charge in [0.1, 0.15) is 6.04 Å². The lowest BCUT2D eigenvalue weighted by molar-refractivity contribution is -0.123. The van der Waals surface area contributed by atoms with Crippen molar-refractivity contribution in [3.8, 4) is 17.2 Å². The third kappa shape index (κ3) is 3.88. The van der Waals surface area contributed by atoms with Crippen molar-refractivity contribution in [2.24, 2.45) is 5.41 Å². The first-order valence-corrected chi connectivity index (χ1v) is 10.5. The Hall–Kier alpha value is -3.94. The van der Waals surface area contributed by atoms with Crippen LogP contribution in [-0.2, 0) is 9.59 Å². The summed E-state index contributed by atoms with van der Waals surface area (Å²) in [7, 11) is 1.47. The Bertz CT molecular complexity index is 1250. The molecule has 1 N–H and O–H groups in total. The molecule has 33 heavy (non-hydrogen) atoms. The van der Waals surface area contributed by atoms with Gasteiger partial charge in [0.25, 0.3) is 5.91 Å². The van der Waals surface area contributed by atoms with E-state index in [1.807, 2.05) is 13.0 Å². The lowest BCUT2D eigenvalue weighted by Crippen LogP contribution is -2.33. The number of aliphatic hydroxyl groups is 1. The van der Waals surface area contributed by atoms with Gasteiger partial charge in [0.15, 0.2) is 17.3 Å². The maximum Gasteiger partial charge on any atom is 0.294 e. The van der Waals surface area contributed by atoms with Crippen LogP contribution in [0, 0.1) is 12.3 Å². The van der Waals surface area contributed by atoms with Crippen molar-refractivity contribution in [3.63, 3.8) is 0 Å². The van der Waals surface area contributed by atoms with E-state index in [1.165, 1.54) is 12.0 Å². The molecule has 0 saturated heterocycles. The van der Waals surface area contributed by atoms with Gasteiger partial charge < -0.3 is 14.4 Å². The number of hydrogen-bond donors (Lipinski definition) is 1. The molecule has 3 heterocycles. The first-order valence-electron chi connectivity index (χ1n) is 10.5. The molecular weight excluding hydrogens is 422 g/mol. The number of ether oxygens (including phenoxy) is 1. The molecule has 1 aliphatic heterocycles. The van der Waals surface area contributed by atoms with Crippen molar-refractivity contribution < 1.29 is 24.0 Å². The van der Waals surface area contributed by atoms with E-state index in [2.05, 4.69) is 10.1 Å². The van der Waals surface area contributed by atoms with Crippen molar-refractivity contribution in [3.05, 3.63) is 71.3 Å². The molecule has 1 aliphatic rings. The van der Waals surface area contributed by atoms with E-state index >= 15 is 0 Å². The largest absolute Gasteiger partial charge is 0.503 e. The van der Waals surface area contributed by atoms with E-state index in [0.29, 0.717) is 17.0 Å². The predicted octanol–water partition coefficient (Wildman–Crippen LogP) is 4.57. The average molecular weight is 447 g/mol. The molecule has 170 valence electrons. The van der Waals surface area contributed by atoms with Crippen LogP contribution in [-0.4, -0.2) is 34.0 Å². The fourth-order valence-electron chi connectivity index (χ4n) is 3.87. The van der Waals surface area contributed by atoms with Crippen LogP contribution in [0.5, 0.6) is 5.88 Å². The highest BCUT2D eigenvalue weighted by molar-refractivity contribution is 6.17. The molecule has 0 saturated carbocycles. The summed E-state index contributed by atoms with van der Waals surface area (Å²) in [5.74, 6) is -0.701. The van der Waals surface area contributed by atoms with Gasteiger partial charge in [-0.25, -0.2) is 4.98 Å². The molecule has 1 atom stereocenters. The van der Waals surface area contributed by atoms with Gasteiger partial charge >= 0.3 is 0 Å². The Labute approximate surface area is 191 Å². The zero-order valence-corrected chi connectivity index (χ0v) is 19.1. The number of aromatic nitrogens is 2. The zero-order chi connectivity index (χ0) is 23.9. The fraction of sp³-hybridized carbons (Fsp3) is 0.280. The molecule has 0 aliphatic carbocycles. The molecule has 2 aromatic heterocycles. The van der Waals surface area contributed by atoms with Crippen molar-refractivity contribution in [1.29, 1.82) is 0 Å². The van der Waals surface area contributed by atoms with Crippen LogP contribution in [0.25, 0.3) is 11.3 Å². The highest BCUT2D eigenvalue weighted by Crippen LogP contribution is 2.45. The standard InChI is InChI=1S/C25H25N3O5/c1-14-13-18(33-27-14)15-8-10-16(11-9-15)28-20(17-7-6-12-26-23(17)32-5)19(21(29)24(28)31)22(30)25(2,3)4/h6-13,20,29H,1-5H3. The van der Waals surface area contributed by atoms with Crippen LogP contribution in [0.2, 0.25) is 0 Å². The number of ketones is 1. The average Bonchev–Trinajstić information content (AvgIpc) is 3.34. The second-order valence-electron chi connectivity index (χ2n) is 8.90. The van der Waals surface area contributed by atoms with Gasteiger partial charge in [0, 0.05) is 34.5 Å². The molecular formula is C25H25N3O5. The van der Waals surface area contributed by atoms with E-state index in [-0.39, 0.29) is 17.2 Å². The molecule has 0 fully saturated rings. The van der Waals surface area contributed by atoms with Gasteiger partial charge in [-0.3, -0.25) is 14.5 Å². The lowest BCUT2D eigenvalue weighted by atomic mass is 9.82. The number of aliphatic hydroxyl groups excluding tert-OH is 1. The quantitative estimate of drug-likeness (QED) is 0.611. The first kappa shape index (κ1) is 22.3. The lowest BCUT2D eigenvalue weighted by Gasteiger charge is -2.29. The molecule has 1 unspecified atom stereocenters. The summed E-state index contributed by atoms with van der Waals surface area (Å²) in [6.07, 6.45) is 1.56. The third-order valence-electron chi connectivity index (χ3n) is 5.48. The van der Waals surface area contributed by atoms with Gasteiger partial charge in [0.2, 0.25) is 5.88 Å². The van der Waals surface area contributed by atoms with Gasteiger partial charge in [-0.2, -0.15) is 0 Å². The van der Waals surface area contributed by atoms with Crippen molar-refractivity contribution >= 4 is 17.4 Å². The number of nitrogens with zero attached hydrogens (tertiary/aromatic N) is 3. The summed E-state index contributed by atoms with van der Waals surface area (Å²) >= 11 is 0. The van der Waals surface area contributed by atoms with Crippen molar-refractivity contribution in [2.45, 2.75) is 33.7 Å². The van der Waals surface area contributed by atoms with Gasteiger partial charge in [-0.1, -0.05) is 25.9 Å². The minimum Gasteiger partial charge on any atom is -0.503 e. The van der Waals surface area contributed by atoms with E-state index in [9.17, 15) is 14.7 Å². The van der Waals surface area contributed by atoms with E-state index in [1.54, 1.807) is 63.4 Å². The minimum atomic E-state index is -0.897. The SMILES string of the molecule is COc1ncccc1C1C(C(=O)C(C)(C)C)=C(O)C(=O)N1c1ccc(-c2cc(C)no2)cc1. The van der Waals surface area contributed by atoms with Crippen LogP contribution in [0.15, 0.2) is 64.5 Å². The molecule has 8 nitrogen and oxygen atoms in total. The second-order valence-corrected chi connectivity index (χ2v) is 8.90. The summed E-state index contributed by atoms with van der Waals surface area (Å²) in [6, 6.07) is 11.4. The number of benzene rings is 1. The second kappa shape index (κ2) is 8.20. The number of amides is 1. The summed E-state index contributed by atoms with van der Waals surface area (Å²) in [5, 5.41) is 14.7. The first-order chi connectivity index (χ1) is 15.6. The highest BCUT2D eigenvalue weighted by atomic mass is 16.5. The molecule has 0 radical (unpaired) electrons. The number of carbonyl (C=O) groups excluding carboxylic acids is 2. The van der Waals surface area contributed by atoms with Crippen LogP contribution in [0.4, 0.5) is 5.69 Å². The summed E-state index contributed by atoms with van der Waals surface area (Å²) in [4.78, 5) is 32.2. The minimum absolute atomic E-state index is 0.0220. The Kier molecular flexibility index (Phi) is 5.53. The van der Waals surface area contributed by atoms with Crippen molar-refractivity contribution in [2.75, 3.05) is 12.0 Å². The number of rotatable bonds is 5. The van der Waals surface area contributed by atoms with E-state index in [4.69, 9.17) is 9.26 Å². The molecule has 0 spiro atoms. The van der Waals surface area contributed by atoms with Gasteiger partial charge in [-0.15, -0.1) is 0 Å². The van der Waals surface area contributed by atoms with Gasteiger partial charge in [0.05, 0.1) is 18.4 Å². The predicted molar refractivity (Wildman–Crippen MR) is 122 cm³/mol. The fourth-order valence-corrected chi connectivity index (χ4v) is 3.87. The number of carbonyl (C=O) groups is 2. The third-order valence-corrected chi connectivity index (χ3v) is 5.48. The van der Waals surface area contributed by atoms with Gasteiger partial charge in [-0.05, 0) is 43.3 Å². The Morgan fingerprint density at radius 2 is 1.88 bits per heavy atom. The van der Waals surface area contributed by atoms with Crippen LogP contribution >= 0.6 is 0 Å². The number of Topliss-reactive ketones (excluding diaryl/α,β-unsaturated/α-hetero) is 1. The van der Waals surface area contributed by atoms with Crippen molar-refractivity contribution in [1.82, 2.24) is 10.1 Å². The van der Waals surface area contributed by atoms with Crippen LogP contribution in [0.1, 0.15) is 38.1 Å². The Balaban J connectivity index is 1.84. The van der Waals surface area contributed by atoms with E-state index < -0.39 is 23.1 Å². The zero-order valence-electron chi connectivity index (χ0n) is 19.1. The summed E-state index contributed by atoms with van der Waals surface area (Å²) in [6.45, 7) is 7.07. The number of hydrogen-bond acceptors (Lipinski definition) is 7. The number of pyridine rings is 1. The maximum absolute atomic E-state index is 13.3. The topological polar surface area (TPSA) is 106 Å². The normalized spacial score (nSPS) is 16.5. The molecule has 8 heteroatoms. The highest BCUT2D eigenvalue weighted by Gasteiger charge is 2.47. The number of anilines is 1. The van der Waals surface area contributed by atoms with Crippen LogP contribution < -0.4 is 9.64 Å². The summed E-state index contributed by atoms with van der Waals surface area (Å²) in [5.41, 5.74) is 1.74. The molecule has 1 aromatic carbocycles. The maximum atomic E-state index is 13.3. The Morgan fingerprint density at radius 3 is 2.45 bits per heavy atom. The number of methoxy groups -OCH3 is 1. The molecule has 4 rings (SSSR count). The van der Waals surface area contributed by atoms with Crippen LogP contribution in [0.3, 0.4) is 0 Å². The van der Waals surface area contributed by atoms with E-state index in [0.717, 1.165) is 11.3 Å². The molecule has 0 bridgehead atoms. The monoisotopic (exact) mass is 447 g/mol. The number of aryl methyl sites for hydroxylation is 1. The molecule has 3 aromatic rings. The Morgan fingerprint density at radius 1 is 1.18 bits per heavy atom. The molecule has 1 amide bonds. The summed E-state index contributed by atoms with van der Waals surface area (Å²) < 4.78 is 10.7.